The van der Waals surface area contributed by atoms with Crippen LogP contribution in [0.15, 0.2) is 18.2 Å². The van der Waals surface area contributed by atoms with Crippen LogP contribution >= 0.6 is 0 Å². The Kier molecular flexibility index (Phi) is 2.67. The van der Waals surface area contributed by atoms with Gasteiger partial charge in [-0.3, -0.25) is 0 Å². The van der Waals surface area contributed by atoms with Crippen LogP contribution in [-0.2, 0) is 22.7 Å². The van der Waals surface area contributed by atoms with Crippen LogP contribution in [0.3, 0.4) is 0 Å². The molecule has 1 unspecified atom stereocenters. The van der Waals surface area contributed by atoms with Crippen molar-refractivity contribution in [2.45, 2.75) is 49.2 Å². The third kappa shape index (κ3) is 1.62. The summed E-state index contributed by atoms with van der Waals surface area (Å²) in [6, 6.07) is 6.19. The van der Waals surface area contributed by atoms with E-state index in [1.54, 1.807) is 5.56 Å². The van der Waals surface area contributed by atoms with E-state index in [9.17, 15) is 5.11 Å². The quantitative estimate of drug-likeness (QED) is 0.720. The first-order valence-corrected chi connectivity index (χ1v) is 9.51. The molecule has 102 valence electrons. The first-order chi connectivity index (χ1) is 9.21. The molecule has 1 aliphatic heterocycles. The van der Waals surface area contributed by atoms with Gasteiger partial charge >= 0.3 is 0 Å². The van der Waals surface area contributed by atoms with E-state index >= 15 is 0 Å². The largest absolute Gasteiger partial charge is 0.508 e. The van der Waals surface area contributed by atoms with E-state index in [1.807, 2.05) is 6.07 Å². The normalized spacial score (nSPS) is 40.4. The van der Waals surface area contributed by atoms with E-state index in [2.05, 4.69) is 18.4 Å². The molecule has 4 rings (SSSR count). The standard InChI is InChI=1S/C17H22OS/c1-19-9-8-17-7-3-2-4-14(17)16(19)10-12-5-6-13(18)11-15(12)17/h5-6,11,14,16H,2-4,7-10H2,1H3/p+1/t14-,16-,17+,19?/m0/s1. The smallest absolute Gasteiger partial charge is 0.125 e. The molecule has 2 bridgehead atoms. The van der Waals surface area contributed by atoms with Gasteiger partial charge in [-0.25, -0.2) is 0 Å². The van der Waals surface area contributed by atoms with E-state index in [0.717, 1.165) is 11.2 Å². The van der Waals surface area contributed by atoms with E-state index in [-0.39, 0.29) is 0 Å². The third-order valence-corrected chi connectivity index (χ3v) is 8.36. The van der Waals surface area contributed by atoms with Gasteiger partial charge in [-0.1, -0.05) is 18.9 Å². The zero-order valence-corrected chi connectivity index (χ0v) is 12.5. The fraction of sp³-hybridized carbons (Fsp3) is 0.647. The molecule has 2 fully saturated rings. The van der Waals surface area contributed by atoms with Gasteiger partial charge in [0.2, 0.25) is 0 Å². The van der Waals surface area contributed by atoms with Gasteiger partial charge in [-0.05, 0) is 47.0 Å². The van der Waals surface area contributed by atoms with Crippen molar-refractivity contribution in [3.05, 3.63) is 29.3 Å². The molecule has 1 aromatic rings. The fourth-order valence-corrected chi connectivity index (χ4v) is 7.48. The summed E-state index contributed by atoms with van der Waals surface area (Å²) in [7, 11) is 0.604. The zero-order valence-electron chi connectivity index (χ0n) is 11.7. The number of phenols is 1. The SMILES string of the molecule is C[S+]1CC[C@]23CCCC[C@H]2[C@@H]1Cc1ccc(O)cc13. The predicted molar refractivity (Wildman–Crippen MR) is 82.0 cm³/mol. The summed E-state index contributed by atoms with van der Waals surface area (Å²) in [5, 5.41) is 10.8. The Morgan fingerprint density at radius 2 is 2.16 bits per heavy atom. The molecule has 1 saturated carbocycles. The first-order valence-electron chi connectivity index (χ1n) is 7.64. The molecule has 1 saturated heterocycles. The molecule has 0 spiro atoms. The van der Waals surface area contributed by atoms with Gasteiger partial charge in [0.1, 0.15) is 16.8 Å². The Hall–Kier alpha value is -0.630. The molecular weight excluding hydrogens is 252 g/mol. The number of rotatable bonds is 0. The van der Waals surface area contributed by atoms with Gasteiger partial charge < -0.3 is 5.11 Å². The number of aromatic hydroxyl groups is 1. The van der Waals surface area contributed by atoms with Crippen LogP contribution in [0.4, 0.5) is 0 Å². The van der Waals surface area contributed by atoms with Crippen molar-refractivity contribution in [2.75, 3.05) is 12.0 Å². The number of fused-ring (bicyclic) bond motifs is 1. The summed E-state index contributed by atoms with van der Waals surface area (Å²) in [6.45, 7) is 0. The molecule has 4 atom stereocenters. The van der Waals surface area contributed by atoms with Gasteiger partial charge in [-0.15, -0.1) is 0 Å². The molecule has 3 aliphatic rings. The van der Waals surface area contributed by atoms with Crippen molar-refractivity contribution in [3.8, 4) is 5.75 Å². The van der Waals surface area contributed by atoms with Crippen molar-refractivity contribution >= 4 is 10.9 Å². The van der Waals surface area contributed by atoms with Gasteiger partial charge in [0.05, 0.1) is 6.26 Å². The molecule has 1 nitrogen and oxygen atoms in total. The van der Waals surface area contributed by atoms with E-state index in [0.29, 0.717) is 22.1 Å². The maximum atomic E-state index is 9.93. The van der Waals surface area contributed by atoms with Crippen LogP contribution in [-0.4, -0.2) is 22.4 Å². The summed E-state index contributed by atoms with van der Waals surface area (Å²) in [6.07, 6.45) is 10.7. The van der Waals surface area contributed by atoms with E-state index in [1.165, 1.54) is 49.8 Å². The lowest BCUT2D eigenvalue weighted by molar-refractivity contribution is 0.151. The van der Waals surface area contributed by atoms with Crippen molar-refractivity contribution in [1.82, 2.24) is 0 Å². The number of benzene rings is 1. The topological polar surface area (TPSA) is 20.2 Å². The van der Waals surface area contributed by atoms with Crippen LogP contribution in [0.25, 0.3) is 0 Å². The maximum Gasteiger partial charge on any atom is 0.125 e. The fourth-order valence-electron chi connectivity index (χ4n) is 5.07. The molecule has 0 amide bonds. The Morgan fingerprint density at radius 3 is 3.05 bits per heavy atom. The van der Waals surface area contributed by atoms with Gasteiger partial charge in [0, 0.05) is 24.2 Å². The van der Waals surface area contributed by atoms with Crippen molar-refractivity contribution in [3.63, 3.8) is 0 Å². The second-order valence-electron chi connectivity index (χ2n) is 6.74. The summed E-state index contributed by atoms with van der Waals surface area (Å²) in [4.78, 5) is 0. The number of hydrogen-bond acceptors (Lipinski definition) is 1. The van der Waals surface area contributed by atoms with Crippen molar-refractivity contribution in [1.29, 1.82) is 0 Å². The summed E-state index contributed by atoms with van der Waals surface area (Å²) in [5.74, 6) is 2.78. The van der Waals surface area contributed by atoms with E-state index < -0.39 is 0 Å². The minimum atomic E-state index is 0.425. The average molecular weight is 275 g/mol. The molecule has 2 aliphatic carbocycles. The van der Waals surface area contributed by atoms with Crippen LogP contribution in [0.2, 0.25) is 0 Å². The first kappa shape index (κ1) is 12.1. The third-order valence-electron chi connectivity index (χ3n) is 5.98. The number of phenolic OH excluding ortho intramolecular Hbond substituents is 1. The minimum absolute atomic E-state index is 0.425. The van der Waals surface area contributed by atoms with Gasteiger partial charge in [0.15, 0.2) is 0 Å². The molecule has 1 aromatic carbocycles. The zero-order chi connectivity index (χ0) is 13.0. The minimum Gasteiger partial charge on any atom is -0.508 e. The number of hydrogen-bond donors (Lipinski definition) is 1. The molecular formula is C17H23OS+. The van der Waals surface area contributed by atoms with Crippen LogP contribution in [0.5, 0.6) is 5.75 Å². The monoisotopic (exact) mass is 275 g/mol. The van der Waals surface area contributed by atoms with Crippen LogP contribution in [0.1, 0.15) is 43.2 Å². The molecule has 0 aromatic heterocycles. The Bertz CT molecular complexity index is 512. The lowest BCUT2D eigenvalue weighted by atomic mass is 9.55. The second-order valence-corrected chi connectivity index (χ2v) is 9.13. The molecule has 19 heavy (non-hydrogen) atoms. The summed E-state index contributed by atoms with van der Waals surface area (Å²) >= 11 is 0. The summed E-state index contributed by atoms with van der Waals surface area (Å²) < 4.78 is 0. The predicted octanol–water partition coefficient (Wildman–Crippen LogP) is 3.40. The van der Waals surface area contributed by atoms with Gasteiger partial charge in [-0.2, -0.15) is 0 Å². The van der Waals surface area contributed by atoms with Gasteiger partial charge in [0.25, 0.3) is 0 Å². The lowest BCUT2D eigenvalue weighted by Crippen LogP contribution is -2.56. The molecule has 1 N–H and O–H groups in total. The molecule has 0 radical (unpaired) electrons. The van der Waals surface area contributed by atoms with Crippen molar-refractivity contribution in [2.24, 2.45) is 5.92 Å². The summed E-state index contributed by atoms with van der Waals surface area (Å²) in [5.41, 5.74) is 3.49. The Morgan fingerprint density at radius 1 is 1.26 bits per heavy atom. The van der Waals surface area contributed by atoms with E-state index in [4.69, 9.17) is 0 Å². The highest BCUT2D eigenvalue weighted by atomic mass is 32.2. The highest BCUT2D eigenvalue weighted by molar-refractivity contribution is 7.96. The highest BCUT2D eigenvalue weighted by Gasteiger charge is 2.57. The lowest BCUT2D eigenvalue weighted by Gasteiger charge is -2.53. The Labute approximate surface area is 118 Å². The van der Waals surface area contributed by atoms with Crippen LogP contribution < -0.4 is 0 Å². The second kappa shape index (κ2) is 4.18. The average Bonchev–Trinajstić information content (AvgIpc) is 2.43. The highest BCUT2D eigenvalue weighted by Crippen LogP contribution is 2.56. The maximum absolute atomic E-state index is 9.93. The van der Waals surface area contributed by atoms with Crippen LogP contribution in [0, 0.1) is 5.92 Å². The van der Waals surface area contributed by atoms with Crippen molar-refractivity contribution < 1.29 is 5.11 Å². The Balaban J connectivity index is 1.90. The molecule has 1 heterocycles. The molecule has 2 heteroatoms.